The van der Waals surface area contributed by atoms with Gasteiger partial charge in [0, 0.05) is 11.1 Å². The van der Waals surface area contributed by atoms with Gasteiger partial charge in [-0.05, 0) is 24.3 Å². The van der Waals surface area contributed by atoms with Crippen LogP contribution in [0.1, 0.15) is 5.89 Å². The SMILES string of the molecule is Fc1ccc(-c2nnc(SCc3nc(-c4ccccc4)no3)o2)cc1. The lowest BCUT2D eigenvalue weighted by Gasteiger charge is -1.93. The highest BCUT2D eigenvalue weighted by Crippen LogP contribution is 2.26. The van der Waals surface area contributed by atoms with Crippen LogP contribution in [0.4, 0.5) is 4.39 Å². The van der Waals surface area contributed by atoms with Gasteiger partial charge in [-0.15, -0.1) is 10.2 Å². The third-order valence-corrected chi connectivity index (χ3v) is 4.12. The standard InChI is InChI=1S/C17H11FN4O2S/c18-13-8-6-12(7-9-13)16-20-21-17(23-16)25-10-14-19-15(22-24-14)11-4-2-1-3-5-11/h1-9H,10H2. The minimum absolute atomic E-state index is 0.316. The molecule has 0 unspecified atom stereocenters. The van der Waals surface area contributed by atoms with Crippen molar-refractivity contribution < 1.29 is 13.3 Å². The third kappa shape index (κ3) is 3.58. The van der Waals surface area contributed by atoms with Crippen molar-refractivity contribution in [3.63, 3.8) is 0 Å². The fourth-order valence-corrected chi connectivity index (χ4v) is 2.72. The van der Waals surface area contributed by atoms with Gasteiger partial charge in [-0.2, -0.15) is 4.98 Å². The first-order chi connectivity index (χ1) is 12.3. The molecule has 0 aliphatic carbocycles. The van der Waals surface area contributed by atoms with Crippen LogP contribution < -0.4 is 0 Å². The zero-order chi connectivity index (χ0) is 17.1. The summed E-state index contributed by atoms with van der Waals surface area (Å²) in [6.45, 7) is 0. The molecule has 0 amide bonds. The first-order valence-corrected chi connectivity index (χ1v) is 8.37. The summed E-state index contributed by atoms with van der Waals surface area (Å²) in [4.78, 5) is 4.34. The molecule has 2 heterocycles. The van der Waals surface area contributed by atoms with Gasteiger partial charge in [0.15, 0.2) is 0 Å². The summed E-state index contributed by atoms with van der Waals surface area (Å²) in [5.74, 6) is 1.42. The Balaban J connectivity index is 1.42. The van der Waals surface area contributed by atoms with Crippen molar-refractivity contribution in [1.82, 2.24) is 20.3 Å². The van der Waals surface area contributed by atoms with Gasteiger partial charge in [0.1, 0.15) is 5.82 Å². The van der Waals surface area contributed by atoms with Crippen LogP contribution in [0.2, 0.25) is 0 Å². The van der Waals surface area contributed by atoms with Gasteiger partial charge < -0.3 is 8.94 Å². The molecule has 0 aliphatic rings. The molecule has 0 spiro atoms. The molecule has 0 bridgehead atoms. The second-order valence-electron chi connectivity index (χ2n) is 5.05. The number of rotatable bonds is 5. The maximum atomic E-state index is 12.9. The minimum atomic E-state index is -0.316. The second kappa shape index (κ2) is 6.86. The average Bonchev–Trinajstić information content (AvgIpc) is 3.31. The van der Waals surface area contributed by atoms with E-state index in [2.05, 4.69) is 20.3 Å². The van der Waals surface area contributed by atoms with Crippen molar-refractivity contribution in [2.24, 2.45) is 0 Å². The maximum absolute atomic E-state index is 12.9. The number of nitrogens with zero attached hydrogens (tertiary/aromatic N) is 4. The zero-order valence-corrected chi connectivity index (χ0v) is 13.6. The lowest BCUT2D eigenvalue weighted by molar-refractivity contribution is 0.391. The Morgan fingerprint density at radius 2 is 1.72 bits per heavy atom. The number of thioether (sulfide) groups is 1. The highest BCUT2D eigenvalue weighted by atomic mass is 32.2. The minimum Gasteiger partial charge on any atom is -0.411 e. The quantitative estimate of drug-likeness (QED) is 0.497. The van der Waals surface area contributed by atoms with Crippen molar-refractivity contribution in [3.8, 4) is 22.8 Å². The summed E-state index contributed by atoms with van der Waals surface area (Å²) in [6, 6.07) is 15.4. The van der Waals surface area contributed by atoms with E-state index < -0.39 is 0 Å². The van der Waals surface area contributed by atoms with Gasteiger partial charge in [-0.25, -0.2) is 4.39 Å². The summed E-state index contributed by atoms with van der Waals surface area (Å²) in [7, 11) is 0. The predicted octanol–water partition coefficient (Wildman–Crippen LogP) is 4.22. The van der Waals surface area contributed by atoms with E-state index in [-0.39, 0.29) is 5.82 Å². The molecule has 2 aromatic carbocycles. The van der Waals surface area contributed by atoms with Crippen LogP contribution in [0.25, 0.3) is 22.8 Å². The molecule has 0 radical (unpaired) electrons. The molecule has 0 atom stereocenters. The zero-order valence-electron chi connectivity index (χ0n) is 12.8. The number of hydrogen-bond donors (Lipinski definition) is 0. The van der Waals surface area contributed by atoms with Gasteiger partial charge in [0.25, 0.3) is 5.22 Å². The Labute approximate surface area is 146 Å². The first kappa shape index (κ1) is 15.5. The molecule has 0 N–H and O–H groups in total. The summed E-state index contributed by atoms with van der Waals surface area (Å²) in [5.41, 5.74) is 1.55. The van der Waals surface area contributed by atoms with Crippen LogP contribution in [-0.2, 0) is 5.75 Å². The molecule has 4 aromatic rings. The topological polar surface area (TPSA) is 77.8 Å². The predicted molar refractivity (Wildman–Crippen MR) is 89.0 cm³/mol. The van der Waals surface area contributed by atoms with E-state index in [1.165, 1.54) is 23.9 Å². The van der Waals surface area contributed by atoms with Crippen LogP contribution in [0.5, 0.6) is 0 Å². The van der Waals surface area contributed by atoms with E-state index in [1.807, 2.05) is 30.3 Å². The Morgan fingerprint density at radius 1 is 0.920 bits per heavy atom. The summed E-state index contributed by atoms with van der Waals surface area (Å²) in [6.07, 6.45) is 0. The van der Waals surface area contributed by atoms with E-state index in [9.17, 15) is 4.39 Å². The van der Waals surface area contributed by atoms with Gasteiger partial charge >= 0.3 is 0 Å². The summed E-state index contributed by atoms with van der Waals surface area (Å²) >= 11 is 1.29. The fourth-order valence-electron chi connectivity index (χ4n) is 2.12. The Hall–Kier alpha value is -3.00. The monoisotopic (exact) mass is 354 g/mol. The molecule has 8 heteroatoms. The number of hydrogen-bond acceptors (Lipinski definition) is 7. The second-order valence-corrected chi connectivity index (χ2v) is 5.97. The Kier molecular flexibility index (Phi) is 4.26. The largest absolute Gasteiger partial charge is 0.411 e. The third-order valence-electron chi connectivity index (χ3n) is 3.32. The highest BCUT2D eigenvalue weighted by Gasteiger charge is 2.13. The lowest BCUT2D eigenvalue weighted by Crippen LogP contribution is -1.82. The number of halogens is 1. The maximum Gasteiger partial charge on any atom is 0.277 e. The molecule has 4 rings (SSSR count). The van der Waals surface area contributed by atoms with Crippen LogP contribution in [0, 0.1) is 5.82 Å². The van der Waals surface area contributed by atoms with Gasteiger partial charge in [-0.3, -0.25) is 0 Å². The van der Waals surface area contributed by atoms with Gasteiger partial charge in [0.2, 0.25) is 17.6 Å². The first-order valence-electron chi connectivity index (χ1n) is 7.38. The number of aromatic nitrogens is 4. The van der Waals surface area contributed by atoms with E-state index in [0.717, 1.165) is 5.56 Å². The van der Waals surface area contributed by atoms with Crippen molar-refractivity contribution >= 4 is 11.8 Å². The molecule has 25 heavy (non-hydrogen) atoms. The molecular weight excluding hydrogens is 343 g/mol. The van der Waals surface area contributed by atoms with E-state index in [1.54, 1.807) is 12.1 Å². The molecule has 0 aliphatic heterocycles. The van der Waals surface area contributed by atoms with Crippen LogP contribution >= 0.6 is 11.8 Å². The van der Waals surface area contributed by atoms with Gasteiger partial charge in [0.05, 0.1) is 5.75 Å². The lowest BCUT2D eigenvalue weighted by atomic mass is 10.2. The molecule has 0 saturated heterocycles. The van der Waals surface area contributed by atoms with Crippen LogP contribution in [0.3, 0.4) is 0 Å². The molecule has 124 valence electrons. The summed E-state index contributed by atoms with van der Waals surface area (Å²) < 4.78 is 23.7. The van der Waals surface area contributed by atoms with E-state index in [0.29, 0.717) is 34.1 Å². The molecular formula is C17H11FN4O2S. The molecule has 2 aromatic heterocycles. The van der Waals surface area contributed by atoms with E-state index >= 15 is 0 Å². The number of benzene rings is 2. The average molecular weight is 354 g/mol. The Bertz CT molecular complexity index is 970. The molecule has 0 fully saturated rings. The molecule has 6 nitrogen and oxygen atoms in total. The van der Waals surface area contributed by atoms with Crippen LogP contribution in [0.15, 0.2) is 68.8 Å². The van der Waals surface area contributed by atoms with Crippen molar-refractivity contribution in [1.29, 1.82) is 0 Å². The van der Waals surface area contributed by atoms with Crippen molar-refractivity contribution in [2.45, 2.75) is 11.0 Å². The smallest absolute Gasteiger partial charge is 0.277 e. The van der Waals surface area contributed by atoms with Crippen molar-refractivity contribution in [2.75, 3.05) is 0 Å². The Morgan fingerprint density at radius 3 is 2.52 bits per heavy atom. The molecule has 0 saturated carbocycles. The van der Waals surface area contributed by atoms with Gasteiger partial charge in [-0.1, -0.05) is 47.3 Å². The fraction of sp³-hybridized carbons (Fsp3) is 0.0588. The van der Waals surface area contributed by atoms with Crippen LogP contribution in [-0.4, -0.2) is 20.3 Å². The van der Waals surface area contributed by atoms with E-state index in [4.69, 9.17) is 8.94 Å². The van der Waals surface area contributed by atoms with Crippen molar-refractivity contribution in [3.05, 3.63) is 66.3 Å². The normalized spacial score (nSPS) is 10.9. The summed E-state index contributed by atoms with van der Waals surface area (Å²) in [5, 5.41) is 12.2. The highest BCUT2D eigenvalue weighted by molar-refractivity contribution is 7.98.